The molecule has 0 radical (unpaired) electrons. The lowest BCUT2D eigenvalue weighted by molar-refractivity contribution is -0.384. The Balaban J connectivity index is 0.00000300. The van der Waals surface area contributed by atoms with E-state index in [9.17, 15) is 29.9 Å². The lowest BCUT2D eigenvalue weighted by Crippen LogP contribution is -2.48. The highest BCUT2D eigenvalue weighted by Crippen LogP contribution is 2.42. The van der Waals surface area contributed by atoms with Gasteiger partial charge in [0.1, 0.15) is 0 Å². The third-order valence-corrected chi connectivity index (χ3v) is 8.90. The van der Waals surface area contributed by atoms with Crippen LogP contribution in [0.25, 0.3) is 0 Å². The van der Waals surface area contributed by atoms with Gasteiger partial charge in [0.25, 0.3) is 5.69 Å². The Hall–Kier alpha value is -4.22. The summed E-state index contributed by atoms with van der Waals surface area (Å²) < 4.78 is 0. The standard InChI is InChI=1S/C35H38N4O6.2ClH/c1-24-30(34(40)41)32(28-15-9-16-29(23-28)39(44)45)31(35(42)43)25(2)38(24)18-10-17-36-19-21-37(22-20-36)33(26-11-5-3-6-12-26)27-13-7-4-8-14-27;;/h3-9,11-16,23,32-33H,10,17-22H2,1-2H3,(H,40,41)(H,42,43);2*1H. The topological polar surface area (TPSA) is 127 Å². The molecule has 0 amide bonds. The number of carbonyl (C=O) groups is 2. The molecule has 0 saturated carbocycles. The highest BCUT2D eigenvalue weighted by molar-refractivity contribution is 5.98. The summed E-state index contributed by atoms with van der Waals surface area (Å²) in [4.78, 5) is 42.6. The van der Waals surface area contributed by atoms with Crippen LogP contribution in [0.3, 0.4) is 0 Å². The Kier molecular flexibility index (Phi) is 13.1. The number of rotatable bonds is 11. The van der Waals surface area contributed by atoms with E-state index in [0.29, 0.717) is 24.4 Å². The Bertz CT molecular complexity index is 1550. The van der Waals surface area contributed by atoms with E-state index in [4.69, 9.17) is 0 Å². The lowest BCUT2D eigenvalue weighted by Gasteiger charge is -2.40. The number of benzene rings is 3. The molecule has 3 aromatic rings. The number of piperazine rings is 1. The molecule has 2 N–H and O–H groups in total. The van der Waals surface area contributed by atoms with Crippen molar-refractivity contribution >= 4 is 42.4 Å². The Morgan fingerprint density at radius 1 is 0.787 bits per heavy atom. The first kappa shape index (κ1) is 37.2. The fourth-order valence-corrected chi connectivity index (χ4v) is 6.73. The number of allylic oxidation sites excluding steroid dienone is 2. The number of carboxylic acids is 2. The quantitative estimate of drug-likeness (QED) is 0.176. The third kappa shape index (κ3) is 8.20. The maximum atomic E-state index is 12.6. The molecule has 0 bridgehead atoms. The van der Waals surface area contributed by atoms with Gasteiger partial charge in [0.15, 0.2) is 0 Å². The summed E-state index contributed by atoms with van der Waals surface area (Å²) >= 11 is 0. The number of nitro groups is 1. The van der Waals surface area contributed by atoms with Crippen LogP contribution in [0.1, 0.15) is 48.9 Å². The Labute approximate surface area is 287 Å². The van der Waals surface area contributed by atoms with Gasteiger partial charge in [0.2, 0.25) is 0 Å². The number of nitrogens with zero attached hydrogens (tertiary/aromatic N) is 4. The van der Waals surface area contributed by atoms with Crippen LogP contribution in [0.4, 0.5) is 5.69 Å². The van der Waals surface area contributed by atoms with Crippen LogP contribution in [0.15, 0.2) is 107 Å². The maximum Gasteiger partial charge on any atom is 0.334 e. The molecule has 0 aromatic heterocycles. The maximum absolute atomic E-state index is 12.6. The number of nitro benzene ring substituents is 1. The van der Waals surface area contributed by atoms with Crippen LogP contribution in [0.5, 0.6) is 0 Å². The fraction of sp³-hybridized carbons (Fsp3) is 0.314. The molecule has 2 heterocycles. The van der Waals surface area contributed by atoms with Crippen molar-refractivity contribution in [1.29, 1.82) is 0 Å². The molecule has 0 spiro atoms. The van der Waals surface area contributed by atoms with Crippen molar-refractivity contribution in [3.63, 3.8) is 0 Å². The summed E-state index contributed by atoms with van der Waals surface area (Å²) in [6.45, 7) is 8.16. The molecule has 2 aliphatic rings. The number of hydrogen-bond donors (Lipinski definition) is 2. The molecule has 3 aromatic carbocycles. The minimum absolute atomic E-state index is 0. The molecule has 0 atom stereocenters. The molecular weight excluding hydrogens is 643 g/mol. The molecule has 1 fully saturated rings. The van der Waals surface area contributed by atoms with Gasteiger partial charge in [-0.05, 0) is 43.5 Å². The van der Waals surface area contributed by atoms with Gasteiger partial charge < -0.3 is 20.0 Å². The van der Waals surface area contributed by atoms with Crippen LogP contribution in [-0.2, 0) is 9.59 Å². The van der Waals surface area contributed by atoms with Crippen LogP contribution in [0.2, 0.25) is 0 Å². The first-order valence-corrected chi connectivity index (χ1v) is 15.1. The molecule has 47 heavy (non-hydrogen) atoms. The highest BCUT2D eigenvalue weighted by atomic mass is 35.5. The summed E-state index contributed by atoms with van der Waals surface area (Å²) in [6, 6.07) is 26.8. The van der Waals surface area contributed by atoms with Crippen molar-refractivity contribution in [2.75, 3.05) is 39.3 Å². The summed E-state index contributed by atoms with van der Waals surface area (Å²) in [5.74, 6) is -3.63. The molecule has 2 aliphatic heterocycles. The van der Waals surface area contributed by atoms with Gasteiger partial charge in [-0.1, -0.05) is 72.8 Å². The highest BCUT2D eigenvalue weighted by Gasteiger charge is 2.39. The van der Waals surface area contributed by atoms with Crippen LogP contribution in [-0.4, -0.2) is 81.0 Å². The number of halogens is 2. The zero-order chi connectivity index (χ0) is 32.1. The average molecular weight is 684 g/mol. The smallest absolute Gasteiger partial charge is 0.334 e. The monoisotopic (exact) mass is 682 g/mol. The van der Waals surface area contributed by atoms with Crippen LogP contribution < -0.4 is 0 Å². The summed E-state index contributed by atoms with van der Waals surface area (Å²) in [5, 5.41) is 31.9. The second-order valence-electron chi connectivity index (χ2n) is 11.5. The average Bonchev–Trinajstić information content (AvgIpc) is 3.04. The zero-order valence-electron chi connectivity index (χ0n) is 26.3. The van der Waals surface area contributed by atoms with Crippen LogP contribution >= 0.6 is 24.8 Å². The summed E-state index contributed by atoms with van der Waals surface area (Å²) in [5.41, 5.74) is 3.29. The number of carboxylic acid groups (broad SMARTS) is 2. The largest absolute Gasteiger partial charge is 0.478 e. The van der Waals surface area contributed by atoms with Crippen molar-refractivity contribution in [3.05, 3.63) is 134 Å². The van der Waals surface area contributed by atoms with Crippen molar-refractivity contribution in [3.8, 4) is 0 Å². The fourth-order valence-electron chi connectivity index (χ4n) is 6.73. The minimum atomic E-state index is -1.25. The van der Waals surface area contributed by atoms with Gasteiger partial charge in [-0.2, -0.15) is 0 Å². The van der Waals surface area contributed by atoms with E-state index in [2.05, 4.69) is 58.3 Å². The van der Waals surface area contributed by atoms with Gasteiger partial charge in [-0.25, -0.2) is 9.59 Å². The Morgan fingerprint density at radius 2 is 1.30 bits per heavy atom. The van der Waals surface area contributed by atoms with Gasteiger partial charge in [-0.3, -0.25) is 15.0 Å². The zero-order valence-corrected chi connectivity index (χ0v) is 28.0. The van der Waals surface area contributed by atoms with E-state index < -0.39 is 22.8 Å². The normalized spacial score (nSPS) is 16.1. The minimum Gasteiger partial charge on any atom is -0.478 e. The second kappa shape index (κ2) is 16.6. The SMILES string of the molecule is CC1=C(C(=O)O)C(c2cccc([N+](=O)[O-])c2)C(C(=O)O)=C(C)N1CCCN1CCN(C(c2ccccc2)c2ccccc2)CC1.Cl.Cl. The molecule has 12 heteroatoms. The predicted octanol–water partition coefficient (Wildman–Crippen LogP) is 6.35. The van der Waals surface area contributed by atoms with Crippen molar-refractivity contribution in [2.24, 2.45) is 0 Å². The first-order chi connectivity index (χ1) is 21.7. The van der Waals surface area contributed by atoms with E-state index in [0.717, 1.165) is 32.7 Å². The Morgan fingerprint density at radius 3 is 1.77 bits per heavy atom. The third-order valence-electron chi connectivity index (χ3n) is 8.90. The van der Waals surface area contributed by atoms with E-state index in [1.807, 2.05) is 12.1 Å². The molecule has 0 unspecified atom stereocenters. The molecule has 250 valence electrons. The van der Waals surface area contributed by atoms with Crippen molar-refractivity contribution in [1.82, 2.24) is 14.7 Å². The van der Waals surface area contributed by atoms with Crippen molar-refractivity contribution < 1.29 is 24.7 Å². The molecule has 1 saturated heterocycles. The van der Waals surface area contributed by atoms with E-state index in [1.54, 1.807) is 24.8 Å². The van der Waals surface area contributed by atoms with Gasteiger partial charge in [0, 0.05) is 56.3 Å². The van der Waals surface area contributed by atoms with E-state index in [1.165, 1.54) is 29.3 Å². The van der Waals surface area contributed by atoms with Gasteiger partial charge in [0.05, 0.1) is 28.0 Å². The number of aliphatic carboxylic acids is 2. The van der Waals surface area contributed by atoms with E-state index >= 15 is 0 Å². The molecular formula is C35H40Cl2N4O6. The van der Waals surface area contributed by atoms with Gasteiger partial charge in [-0.15, -0.1) is 24.8 Å². The molecule has 10 nitrogen and oxygen atoms in total. The van der Waals surface area contributed by atoms with E-state index in [-0.39, 0.29) is 53.3 Å². The number of hydrogen-bond acceptors (Lipinski definition) is 7. The molecule has 0 aliphatic carbocycles. The summed E-state index contributed by atoms with van der Waals surface area (Å²) in [6.07, 6.45) is 0.705. The van der Waals surface area contributed by atoms with Gasteiger partial charge >= 0.3 is 11.9 Å². The second-order valence-corrected chi connectivity index (χ2v) is 11.5. The molecule has 5 rings (SSSR count). The lowest BCUT2D eigenvalue weighted by atomic mass is 9.79. The van der Waals surface area contributed by atoms with Crippen LogP contribution in [0, 0.1) is 10.1 Å². The predicted molar refractivity (Wildman–Crippen MR) is 185 cm³/mol. The first-order valence-electron chi connectivity index (χ1n) is 15.1. The summed E-state index contributed by atoms with van der Waals surface area (Å²) in [7, 11) is 0. The number of non-ortho nitro benzene ring substituents is 1. The van der Waals surface area contributed by atoms with Crippen molar-refractivity contribution in [2.45, 2.75) is 32.2 Å².